The van der Waals surface area contributed by atoms with Crippen molar-refractivity contribution in [3.05, 3.63) is 96.7 Å². The Bertz CT molecular complexity index is 1570. The highest BCUT2D eigenvalue weighted by molar-refractivity contribution is 5.82. The molecule has 0 unspecified atom stereocenters. The van der Waals surface area contributed by atoms with E-state index in [1.54, 1.807) is 18.2 Å². The summed E-state index contributed by atoms with van der Waals surface area (Å²) in [4.78, 5) is 23.9. The molecule has 0 aromatic rings. The van der Waals surface area contributed by atoms with Crippen molar-refractivity contribution < 1.29 is 53.7 Å². The summed E-state index contributed by atoms with van der Waals surface area (Å²) < 4.78 is 31.5. The van der Waals surface area contributed by atoms with Crippen molar-refractivity contribution in [1.29, 1.82) is 0 Å². The van der Waals surface area contributed by atoms with E-state index in [9.17, 15) is 24.9 Å². The summed E-state index contributed by atoms with van der Waals surface area (Å²) in [5.74, 6) is -1.09. The summed E-state index contributed by atoms with van der Waals surface area (Å²) in [6, 6.07) is 0. The third-order valence-electron chi connectivity index (χ3n) is 12.0. The fourth-order valence-corrected chi connectivity index (χ4v) is 8.38. The summed E-state index contributed by atoms with van der Waals surface area (Å²) >= 11 is 0. The SMILES string of the molecule is CC(=C[C@H](C)CCCCC(=O)O)[C@@H]1O[C@@H]2C=C[C@@H]1OC(=O)/C=C/C=CC=C[C@@H]1O[C@@H]3C[C@@H]1O[C@H](C=CC[C@H]1O[C@@H](C[C@H](O)[C@H]1C)[C@H](O)[C@H](O)/C=C\CCC=CC2)[C@H]3C. The number of unbranched alkanes of at least 4 members (excludes halogenated alkanes) is 1. The Morgan fingerprint density at radius 1 is 0.759 bits per heavy atom. The van der Waals surface area contributed by atoms with Gasteiger partial charge in [-0.05, 0) is 63.0 Å². The molecule has 0 aliphatic carbocycles. The van der Waals surface area contributed by atoms with Crippen LogP contribution in [-0.4, -0.2) is 106 Å². The van der Waals surface area contributed by atoms with Crippen molar-refractivity contribution in [2.45, 2.75) is 165 Å². The van der Waals surface area contributed by atoms with E-state index in [0.717, 1.165) is 31.3 Å². The lowest BCUT2D eigenvalue weighted by Crippen LogP contribution is -2.50. The van der Waals surface area contributed by atoms with Crippen LogP contribution in [0.3, 0.4) is 0 Å². The normalized spacial score (nSPS) is 39.5. The van der Waals surface area contributed by atoms with Crippen LogP contribution >= 0.6 is 0 Å². The number of carbonyl (C=O) groups excluding carboxylic acids is 1. The van der Waals surface area contributed by atoms with Gasteiger partial charge in [-0.3, -0.25) is 4.79 Å². The first-order valence-corrected chi connectivity index (χ1v) is 21.3. The minimum Gasteiger partial charge on any atom is -0.481 e. The Morgan fingerprint density at radius 3 is 2.34 bits per heavy atom. The quantitative estimate of drug-likeness (QED) is 0.122. The molecule has 0 spiro atoms. The van der Waals surface area contributed by atoms with Gasteiger partial charge in [0, 0.05) is 37.2 Å². The number of carboxylic acid groups (broad SMARTS) is 1. The van der Waals surface area contributed by atoms with Crippen molar-refractivity contribution in [3.8, 4) is 0 Å². The van der Waals surface area contributed by atoms with E-state index < -0.39 is 48.6 Å². The van der Waals surface area contributed by atoms with E-state index in [4.69, 9.17) is 28.8 Å². The number of hydrogen-bond donors (Lipinski definition) is 4. The van der Waals surface area contributed by atoms with E-state index in [2.05, 4.69) is 32.1 Å². The van der Waals surface area contributed by atoms with Gasteiger partial charge in [-0.15, -0.1) is 0 Å². The van der Waals surface area contributed by atoms with Crippen LogP contribution in [0.5, 0.6) is 0 Å². The molecule has 6 aliphatic heterocycles. The number of hydrogen-bond acceptors (Lipinski definition) is 10. The molecule has 0 radical (unpaired) electrons. The van der Waals surface area contributed by atoms with Gasteiger partial charge in [0.15, 0.2) is 6.10 Å². The number of aliphatic carboxylic acids is 1. The van der Waals surface area contributed by atoms with Gasteiger partial charge in [0.25, 0.3) is 0 Å². The fraction of sp³-hybridized carbons (Fsp3) is 0.617. The van der Waals surface area contributed by atoms with Crippen LogP contribution in [0.2, 0.25) is 0 Å². The topological polar surface area (TPSA) is 161 Å². The number of fused-ring (bicyclic) bond motifs is 13. The molecular formula is C47H66O11. The molecule has 11 nitrogen and oxygen atoms in total. The molecule has 58 heavy (non-hydrogen) atoms. The van der Waals surface area contributed by atoms with Crippen molar-refractivity contribution in [2.75, 3.05) is 0 Å². The zero-order valence-corrected chi connectivity index (χ0v) is 34.5. The Labute approximate surface area is 344 Å². The molecule has 6 aliphatic rings. The van der Waals surface area contributed by atoms with E-state index >= 15 is 0 Å². The number of carboxylic acids is 1. The number of aliphatic hydroxyl groups is 3. The summed E-state index contributed by atoms with van der Waals surface area (Å²) in [5, 5.41) is 41.7. The number of aliphatic hydroxyl groups excluding tert-OH is 3. The van der Waals surface area contributed by atoms with Crippen molar-refractivity contribution in [1.82, 2.24) is 0 Å². The molecule has 3 fully saturated rings. The van der Waals surface area contributed by atoms with Gasteiger partial charge in [-0.2, -0.15) is 0 Å². The third-order valence-corrected chi connectivity index (χ3v) is 12.0. The van der Waals surface area contributed by atoms with Crippen molar-refractivity contribution >= 4 is 11.9 Å². The number of esters is 1. The van der Waals surface area contributed by atoms with Crippen LogP contribution in [0, 0.1) is 17.8 Å². The molecule has 6 heterocycles. The second-order valence-corrected chi connectivity index (χ2v) is 16.6. The van der Waals surface area contributed by atoms with E-state index in [-0.39, 0.29) is 67.2 Å². The lowest BCUT2D eigenvalue weighted by atomic mass is 9.85. The molecule has 15 atom stereocenters. The molecular weight excluding hydrogens is 741 g/mol. The molecule has 6 rings (SSSR count). The molecule has 0 aromatic carbocycles. The molecule has 7 bridgehead atoms. The Kier molecular flexibility index (Phi) is 18.0. The first kappa shape index (κ1) is 45.7. The molecule has 0 amide bonds. The highest BCUT2D eigenvalue weighted by Gasteiger charge is 2.45. The molecule has 11 heteroatoms. The number of carbonyl (C=O) groups is 2. The second-order valence-electron chi connectivity index (χ2n) is 16.6. The second kappa shape index (κ2) is 22.8. The van der Waals surface area contributed by atoms with Gasteiger partial charge in [-0.25, -0.2) is 4.79 Å². The molecule has 4 N–H and O–H groups in total. The van der Waals surface area contributed by atoms with E-state index in [1.165, 1.54) is 6.08 Å². The predicted molar refractivity (Wildman–Crippen MR) is 222 cm³/mol. The zero-order valence-electron chi connectivity index (χ0n) is 34.5. The molecule has 0 saturated carbocycles. The van der Waals surface area contributed by atoms with Gasteiger partial charge < -0.3 is 44.1 Å². The average Bonchev–Trinajstić information content (AvgIpc) is 3.54. The van der Waals surface area contributed by atoms with Crippen LogP contribution in [0.1, 0.15) is 91.9 Å². The number of allylic oxidation sites excluding steroid dienone is 7. The highest BCUT2D eigenvalue weighted by atomic mass is 16.6. The third kappa shape index (κ3) is 13.6. The van der Waals surface area contributed by atoms with Crippen LogP contribution < -0.4 is 0 Å². The van der Waals surface area contributed by atoms with Crippen molar-refractivity contribution in [3.63, 3.8) is 0 Å². The van der Waals surface area contributed by atoms with Gasteiger partial charge in [0.05, 0.1) is 42.7 Å². The number of ether oxygens (including phenoxy) is 5. The van der Waals surface area contributed by atoms with Gasteiger partial charge in [-0.1, -0.05) is 106 Å². The lowest BCUT2D eigenvalue weighted by molar-refractivity contribution is -0.175. The summed E-state index contributed by atoms with van der Waals surface area (Å²) in [6.07, 6.45) is 28.3. The standard InChI is InChI=1S/C47H66O11/c1-30(17-14-15-23-44(50)51)27-31(2)47-40-26-25-34(54-47)18-10-6-5-7-11-19-35(48)46(53)43-28-36(49)32(3)37(56-43)21-16-22-38-33(4)41-29-42(55-38)39(57-41)20-12-8-9-13-24-45(52)58-40/h6,8-13,16,19-20,22,24-27,30,32-43,46-49,53H,5,7,14-15,17-18,21,23,28-29H2,1-4H3,(H,50,51)/b9-8?,10-6?,19-11-,20-12?,22-16?,24-13+,31-27?/t30-,32-,33-,34+,35-,36+,37-,38-,39+,40+,41-,42+,43+,46-,47+/m1/s1. The van der Waals surface area contributed by atoms with Gasteiger partial charge in [0.1, 0.15) is 24.4 Å². The fourth-order valence-electron chi connectivity index (χ4n) is 8.38. The summed E-state index contributed by atoms with van der Waals surface area (Å²) in [7, 11) is 0. The number of rotatable bonds is 7. The maximum absolute atomic E-state index is 13.0. The van der Waals surface area contributed by atoms with E-state index in [0.29, 0.717) is 25.7 Å². The monoisotopic (exact) mass is 806 g/mol. The zero-order chi connectivity index (χ0) is 41.6. The first-order chi connectivity index (χ1) is 27.9. The van der Waals surface area contributed by atoms with Gasteiger partial charge in [0.2, 0.25) is 0 Å². The largest absolute Gasteiger partial charge is 0.481 e. The van der Waals surface area contributed by atoms with Crippen LogP contribution in [-0.2, 0) is 33.3 Å². The minimum absolute atomic E-state index is 0.0508. The first-order valence-electron chi connectivity index (χ1n) is 21.3. The summed E-state index contributed by atoms with van der Waals surface area (Å²) in [6.45, 7) is 8.15. The van der Waals surface area contributed by atoms with Crippen LogP contribution in [0.4, 0.5) is 0 Å². The summed E-state index contributed by atoms with van der Waals surface area (Å²) in [5.41, 5.74) is 0.945. The minimum atomic E-state index is -1.18. The highest BCUT2D eigenvalue weighted by Crippen LogP contribution is 2.38. The average molecular weight is 807 g/mol. The van der Waals surface area contributed by atoms with Crippen LogP contribution in [0.25, 0.3) is 0 Å². The van der Waals surface area contributed by atoms with Crippen molar-refractivity contribution in [2.24, 2.45) is 17.8 Å². The Morgan fingerprint density at radius 2 is 1.53 bits per heavy atom. The maximum atomic E-state index is 13.0. The maximum Gasteiger partial charge on any atom is 0.331 e. The smallest absolute Gasteiger partial charge is 0.331 e. The van der Waals surface area contributed by atoms with Crippen LogP contribution in [0.15, 0.2) is 96.7 Å². The lowest BCUT2D eigenvalue weighted by Gasteiger charge is -2.40. The van der Waals surface area contributed by atoms with Gasteiger partial charge >= 0.3 is 11.9 Å². The molecule has 0 aromatic heterocycles. The van der Waals surface area contributed by atoms with E-state index in [1.807, 2.05) is 62.5 Å². The molecule has 320 valence electrons. The Balaban J connectivity index is 1.29. The predicted octanol–water partition coefficient (Wildman–Crippen LogP) is 6.80. The molecule has 3 saturated heterocycles. The Hall–Kier alpha value is -3.42.